The number of carbonyl (C=O) groups excluding carboxylic acids is 2. The normalized spacial score (nSPS) is 30.6. The van der Waals surface area contributed by atoms with E-state index in [4.69, 9.17) is 9.84 Å². The molecule has 3 rings (SSSR count). The monoisotopic (exact) mass is 304 g/mol. The minimum atomic E-state index is -0.997. The van der Waals surface area contributed by atoms with Crippen LogP contribution in [0.15, 0.2) is 18.2 Å². The summed E-state index contributed by atoms with van der Waals surface area (Å²) in [5, 5.41) is 18.8. The lowest BCUT2D eigenvalue weighted by molar-refractivity contribution is -0.145. The minimum Gasteiger partial charge on any atom is -0.507 e. The van der Waals surface area contributed by atoms with Crippen LogP contribution in [-0.2, 0) is 9.53 Å². The number of fused-ring (bicyclic) bond motifs is 2. The zero-order valence-corrected chi connectivity index (χ0v) is 12.0. The molecule has 2 aliphatic rings. The molecule has 0 aromatic heterocycles. The van der Waals surface area contributed by atoms with E-state index in [0.29, 0.717) is 0 Å². The van der Waals surface area contributed by atoms with Crippen LogP contribution in [0.25, 0.3) is 0 Å². The van der Waals surface area contributed by atoms with Crippen molar-refractivity contribution in [2.75, 3.05) is 0 Å². The highest BCUT2D eigenvalue weighted by Gasteiger charge is 2.49. The Morgan fingerprint density at radius 2 is 2.05 bits per heavy atom. The van der Waals surface area contributed by atoms with Gasteiger partial charge in [-0.3, -0.25) is 14.4 Å². The summed E-state index contributed by atoms with van der Waals surface area (Å²) in [5.74, 6) is -2.98. The molecule has 0 saturated carbocycles. The molecule has 1 fully saturated rings. The average Bonchev–Trinajstić information content (AvgIpc) is 2.43. The first-order valence-electron chi connectivity index (χ1n) is 7.17. The Bertz CT molecular complexity index is 665. The van der Waals surface area contributed by atoms with E-state index in [-0.39, 0.29) is 41.3 Å². The lowest BCUT2D eigenvalue weighted by Crippen LogP contribution is -2.50. The summed E-state index contributed by atoms with van der Waals surface area (Å²) >= 11 is 0. The van der Waals surface area contributed by atoms with Gasteiger partial charge in [0.25, 0.3) is 0 Å². The van der Waals surface area contributed by atoms with Gasteiger partial charge in [-0.25, -0.2) is 0 Å². The third-order valence-corrected chi connectivity index (χ3v) is 4.46. The number of carboxylic acids is 1. The number of aliphatic carboxylic acids is 1. The van der Waals surface area contributed by atoms with Crippen molar-refractivity contribution in [3.05, 3.63) is 29.3 Å². The summed E-state index contributed by atoms with van der Waals surface area (Å²) in [6.45, 7) is 1.67. The highest BCUT2D eigenvalue weighted by Crippen LogP contribution is 2.42. The summed E-state index contributed by atoms with van der Waals surface area (Å²) in [7, 11) is 0. The molecule has 4 atom stereocenters. The van der Waals surface area contributed by atoms with Crippen molar-refractivity contribution in [1.29, 1.82) is 0 Å². The van der Waals surface area contributed by atoms with Crippen LogP contribution < -0.4 is 0 Å². The van der Waals surface area contributed by atoms with E-state index in [0.717, 1.165) is 0 Å². The van der Waals surface area contributed by atoms with Crippen molar-refractivity contribution >= 4 is 17.5 Å². The number of hydrogen-bond acceptors (Lipinski definition) is 5. The maximum Gasteiger partial charge on any atom is 0.305 e. The second-order valence-corrected chi connectivity index (χ2v) is 5.86. The van der Waals surface area contributed by atoms with E-state index in [2.05, 4.69) is 0 Å². The molecule has 1 aliphatic heterocycles. The fraction of sp³-hybridized carbons (Fsp3) is 0.438. The molecule has 0 amide bonds. The van der Waals surface area contributed by atoms with Crippen LogP contribution in [0.3, 0.4) is 0 Å². The molecule has 6 heteroatoms. The molecule has 1 heterocycles. The lowest BCUT2D eigenvalue weighted by atomic mass is 9.68. The molecular weight excluding hydrogens is 288 g/mol. The van der Waals surface area contributed by atoms with E-state index in [1.165, 1.54) is 18.2 Å². The number of carbonyl (C=O) groups is 3. The van der Waals surface area contributed by atoms with Crippen LogP contribution in [0, 0.1) is 11.8 Å². The van der Waals surface area contributed by atoms with Crippen molar-refractivity contribution in [2.24, 2.45) is 11.8 Å². The Labute approximate surface area is 126 Å². The van der Waals surface area contributed by atoms with Gasteiger partial charge >= 0.3 is 5.97 Å². The number of rotatable bonds is 2. The van der Waals surface area contributed by atoms with E-state index in [1.807, 2.05) is 0 Å². The lowest BCUT2D eigenvalue weighted by Gasteiger charge is -2.41. The van der Waals surface area contributed by atoms with Crippen molar-refractivity contribution in [3.8, 4) is 5.75 Å². The molecule has 1 aromatic rings. The number of Topliss-reactive ketones (excluding diaryl/α,β-unsaturated/α-hetero) is 2. The Morgan fingerprint density at radius 1 is 1.32 bits per heavy atom. The van der Waals surface area contributed by atoms with Crippen LogP contribution in [0.5, 0.6) is 5.75 Å². The summed E-state index contributed by atoms with van der Waals surface area (Å²) in [4.78, 5) is 36.2. The van der Waals surface area contributed by atoms with Crippen LogP contribution >= 0.6 is 0 Å². The minimum absolute atomic E-state index is 0.0564. The summed E-state index contributed by atoms with van der Waals surface area (Å²) in [6.07, 6.45) is -1.13. The molecule has 6 nitrogen and oxygen atoms in total. The van der Waals surface area contributed by atoms with Gasteiger partial charge in [0.2, 0.25) is 0 Å². The Hall–Kier alpha value is -2.21. The summed E-state index contributed by atoms with van der Waals surface area (Å²) in [5.41, 5.74) is 0.273. The number of ether oxygens (including phenoxy) is 1. The van der Waals surface area contributed by atoms with E-state index < -0.39 is 30.0 Å². The molecule has 2 N–H and O–H groups in total. The molecule has 0 radical (unpaired) electrons. The highest BCUT2D eigenvalue weighted by atomic mass is 16.5. The fourth-order valence-corrected chi connectivity index (χ4v) is 3.56. The van der Waals surface area contributed by atoms with Gasteiger partial charge in [-0.2, -0.15) is 0 Å². The standard InChI is InChI=1S/C16H16O6/c1-7-13-10(5-8(22-7)6-12(18)19)15(20)9-3-2-4-11(17)14(9)16(13)21/h2-4,7-8,10,13,17H,5-6H2,1H3,(H,18,19)/t7-,8+,10-,13+/m1/s1. The molecule has 0 bridgehead atoms. The number of hydrogen-bond donors (Lipinski definition) is 2. The number of phenolic OH excluding ortho intramolecular Hbond substituents is 1. The van der Waals surface area contributed by atoms with Crippen molar-refractivity contribution in [3.63, 3.8) is 0 Å². The highest BCUT2D eigenvalue weighted by molar-refractivity contribution is 6.17. The molecule has 1 saturated heterocycles. The molecule has 22 heavy (non-hydrogen) atoms. The zero-order chi connectivity index (χ0) is 16.0. The van der Waals surface area contributed by atoms with E-state index >= 15 is 0 Å². The Kier molecular flexibility index (Phi) is 3.48. The second kappa shape index (κ2) is 5.21. The van der Waals surface area contributed by atoms with Gasteiger partial charge in [-0.1, -0.05) is 12.1 Å². The fourth-order valence-electron chi connectivity index (χ4n) is 3.56. The molecule has 116 valence electrons. The Balaban J connectivity index is 2.01. The topological polar surface area (TPSA) is 101 Å². The van der Waals surface area contributed by atoms with Gasteiger partial charge in [-0.15, -0.1) is 0 Å². The first-order chi connectivity index (χ1) is 10.4. The van der Waals surface area contributed by atoms with Gasteiger partial charge in [0.05, 0.1) is 30.1 Å². The zero-order valence-electron chi connectivity index (χ0n) is 12.0. The van der Waals surface area contributed by atoms with Crippen molar-refractivity contribution < 1.29 is 29.3 Å². The molecular formula is C16H16O6. The average molecular weight is 304 g/mol. The van der Waals surface area contributed by atoms with Crippen molar-refractivity contribution in [1.82, 2.24) is 0 Å². The molecule has 0 unspecified atom stereocenters. The van der Waals surface area contributed by atoms with Gasteiger partial charge in [0, 0.05) is 11.5 Å². The third kappa shape index (κ3) is 2.20. The number of ketones is 2. The molecule has 0 spiro atoms. The summed E-state index contributed by atoms with van der Waals surface area (Å²) in [6, 6.07) is 4.43. The predicted octanol–water partition coefficient (Wildman–Crippen LogP) is 1.66. The van der Waals surface area contributed by atoms with Gasteiger partial charge in [0.1, 0.15) is 5.75 Å². The Morgan fingerprint density at radius 3 is 2.73 bits per heavy atom. The van der Waals surface area contributed by atoms with Gasteiger partial charge in [0.15, 0.2) is 11.6 Å². The second-order valence-electron chi connectivity index (χ2n) is 5.86. The number of benzene rings is 1. The quantitative estimate of drug-likeness (QED) is 0.861. The SMILES string of the molecule is C[C@H]1O[C@H](CC(=O)O)C[C@H]2C(=O)c3cccc(O)c3C(=O)[C@@H]12. The first kappa shape index (κ1) is 14.7. The van der Waals surface area contributed by atoms with Crippen LogP contribution in [0.1, 0.15) is 40.5 Å². The third-order valence-electron chi connectivity index (χ3n) is 4.46. The number of carboxylic acid groups (broad SMARTS) is 1. The number of phenols is 1. The number of aromatic hydroxyl groups is 1. The van der Waals surface area contributed by atoms with E-state index in [1.54, 1.807) is 6.92 Å². The van der Waals surface area contributed by atoms with Crippen LogP contribution in [0.4, 0.5) is 0 Å². The van der Waals surface area contributed by atoms with Crippen molar-refractivity contribution in [2.45, 2.75) is 32.0 Å². The largest absolute Gasteiger partial charge is 0.507 e. The molecule has 1 aliphatic carbocycles. The predicted molar refractivity (Wildman–Crippen MR) is 75.0 cm³/mol. The smallest absolute Gasteiger partial charge is 0.305 e. The molecule has 1 aromatic carbocycles. The first-order valence-corrected chi connectivity index (χ1v) is 7.17. The van der Waals surface area contributed by atoms with Crippen LogP contribution in [0.2, 0.25) is 0 Å². The summed E-state index contributed by atoms with van der Waals surface area (Å²) < 4.78 is 5.60. The van der Waals surface area contributed by atoms with Gasteiger partial charge < -0.3 is 14.9 Å². The van der Waals surface area contributed by atoms with Gasteiger partial charge in [-0.05, 0) is 19.4 Å². The maximum absolute atomic E-state index is 12.7. The maximum atomic E-state index is 12.7. The van der Waals surface area contributed by atoms with E-state index in [9.17, 15) is 19.5 Å². The van der Waals surface area contributed by atoms with Crippen LogP contribution in [-0.4, -0.2) is 40.0 Å².